The zero-order chi connectivity index (χ0) is 11.4. The van der Waals surface area contributed by atoms with Crippen LogP contribution in [0.2, 0.25) is 0 Å². The summed E-state index contributed by atoms with van der Waals surface area (Å²) in [5, 5.41) is 6.42. The van der Waals surface area contributed by atoms with E-state index in [4.69, 9.17) is 4.74 Å². The van der Waals surface area contributed by atoms with E-state index in [-0.39, 0.29) is 5.56 Å². The lowest BCUT2D eigenvalue weighted by molar-refractivity contribution is 0.339. The van der Waals surface area contributed by atoms with Crippen LogP contribution in [0.5, 0.6) is 5.75 Å². The number of aromatic amines is 1. The van der Waals surface area contributed by atoms with Crippen LogP contribution in [0.15, 0.2) is 41.2 Å². The minimum atomic E-state index is -0.261. The van der Waals surface area contributed by atoms with Crippen molar-refractivity contribution >= 4 is 0 Å². The molecule has 0 aliphatic heterocycles. The molecule has 0 atom stereocenters. The first kappa shape index (κ1) is 10.4. The second kappa shape index (κ2) is 4.61. The van der Waals surface area contributed by atoms with Crippen molar-refractivity contribution < 1.29 is 4.74 Å². The number of nitrogens with zero attached hydrogens (tertiary/aromatic N) is 1. The quantitative estimate of drug-likeness (QED) is 0.851. The van der Waals surface area contributed by atoms with Crippen LogP contribution in [0.25, 0.3) is 11.3 Å². The summed E-state index contributed by atoms with van der Waals surface area (Å²) in [6.45, 7) is 2.38. The number of H-pyrrole nitrogens is 1. The minimum Gasteiger partial charge on any atom is -0.491 e. The van der Waals surface area contributed by atoms with Crippen molar-refractivity contribution in [1.82, 2.24) is 10.2 Å². The van der Waals surface area contributed by atoms with Gasteiger partial charge in [0.15, 0.2) is 5.75 Å². The maximum absolute atomic E-state index is 11.2. The molecule has 0 aliphatic carbocycles. The summed E-state index contributed by atoms with van der Waals surface area (Å²) in [4.78, 5) is 11.2. The number of rotatable bonds is 3. The molecule has 4 heteroatoms. The van der Waals surface area contributed by atoms with E-state index in [1.165, 1.54) is 6.07 Å². The highest BCUT2D eigenvalue weighted by Gasteiger charge is 2.08. The zero-order valence-corrected chi connectivity index (χ0v) is 8.93. The fraction of sp³-hybridized carbons (Fsp3) is 0.167. The van der Waals surface area contributed by atoms with Gasteiger partial charge in [-0.3, -0.25) is 4.79 Å². The number of ether oxygens (including phenoxy) is 1. The number of nitrogens with one attached hydrogen (secondary N) is 1. The van der Waals surface area contributed by atoms with Gasteiger partial charge in [-0.15, -0.1) is 0 Å². The maximum Gasteiger partial charge on any atom is 0.267 e. The van der Waals surface area contributed by atoms with E-state index in [0.29, 0.717) is 18.1 Å². The molecule has 0 bridgehead atoms. The van der Waals surface area contributed by atoms with Gasteiger partial charge >= 0.3 is 0 Å². The number of hydrogen-bond donors (Lipinski definition) is 1. The second-order valence-corrected chi connectivity index (χ2v) is 3.24. The standard InChI is InChI=1S/C12H12N2O2/c1-2-16-10-8-11(15)13-14-12(10)9-6-4-3-5-7-9/h3-8H,2H2,1H3,(H,13,15). The molecule has 4 nitrogen and oxygen atoms in total. The molecule has 0 fully saturated rings. The Morgan fingerprint density at radius 3 is 2.75 bits per heavy atom. The van der Waals surface area contributed by atoms with Crippen LogP contribution in [0, 0.1) is 0 Å². The summed E-state index contributed by atoms with van der Waals surface area (Å²) >= 11 is 0. The molecule has 1 N–H and O–H groups in total. The lowest BCUT2D eigenvalue weighted by atomic mass is 10.1. The Labute approximate surface area is 92.9 Å². The lowest BCUT2D eigenvalue weighted by Gasteiger charge is -2.07. The Balaban J connectivity index is 2.52. The van der Waals surface area contributed by atoms with Gasteiger partial charge < -0.3 is 4.74 Å². The van der Waals surface area contributed by atoms with Crippen molar-refractivity contribution in [3.8, 4) is 17.0 Å². The molecule has 82 valence electrons. The molecule has 0 aliphatic rings. The van der Waals surface area contributed by atoms with Gasteiger partial charge in [0.25, 0.3) is 5.56 Å². The topological polar surface area (TPSA) is 55.0 Å². The molecule has 1 heterocycles. The van der Waals surface area contributed by atoms with E-state index >= 15 is 0 Å². The number of hydrogen-bond acceptors (Lipinski definition) is 3. The van der Waals surface area contributed by atoms with Crippen molar-refractivity contribution in [3.63, 3.8) is 0 Å². The van der Waals surface area contributed by atoms with Gasteiger partial charge in [-0.1, -0.05) is 30.3 Å². The van der Waals surface area contributed by atoms with E-state index in [1.54, 1.807) is 0 Å². The zero-order valence-electron chi connectivity index (χ0n) is 8.93. The third-order valence-electron chi connectivity index (χ3n) is 2.12. The predicted molar refractivity (Wildman–Crippen MR) is 61.5 cm³/mol. The Morgan fingerprint density at radius 2 is 2.06 bits per heavy atom. The lowest BCUT2D eigenvalue weighted by Crippen LogP contribution is -2.09. The van der Waals surface area contributed by atoms with Crippen molar-refractivity contribution in [3.05, 3.63) is 46.8 Å². The van der Waals surface area contributed by atoms with Crippen molar-refractivity contribution in [1.29, 1.82) is 0 Å². The SMILES string of the molecule is CCOc1cc(=O)[nH]nc1-c1ccccc1. The molecule has 16 heavy (non-hydrogen) atoms. The minimum absolute atomic E-state index is 0.261. The molecule has 0 radical (unpaired) electrons. The Kier molecular flexibility index (Phi) is 3.00. The highest BCUT2D eigenvalue weighted by Crippen LogP contribution is 2.25. The van der Waals surface area contributed by atoms with Crippen molar-refractivity contribution in [2.24, 2.45) is 0 Å². The molecule has 2 aromatic rings. The fourth-order valence-corrected chi connectivity index (χ4v) is 1.45. The summed E-state index contributed by atoms with van der Waals surface area (Å²) in [6, 6.07) is 11.0. The Morgan fingerprint density at radius 1 is 1.31 bits per heavy atom. The van der Waals surface area contributed by atoms with Crippen LogP contribution >= 0.6 is 0 Å². The highest BCUT2D eigenvalue weighted by molar-refractivity contribution is 5.65. The summed E-state index contributed by atoms with van der Waals surface area (Å²) in [5.41, 5.74) is 1.31. The van der Waals surface area contributed by atoms with E-state index in [0.717, 1.165) is 5.56 Å². The van der Waals surface area contributed by atoms with Crippen LogP contribution in [0.1, 0.15) is 6.92 Å². The molecule has 1 aromatic carbocycles. The van der Waals surface area contributed by atoms with E-state index < -0.39 is 0 Å². The summed E-state index contributed by atoms with van der Waals surface area (Å²) in [5.74, 6) is 0.512. The van der Waals surface area contributed by atoms with E-state index in [9.17, 15) is 4.79 Å². The molecule has 0 unspecified atom stereocenters. The molecule has 2 rings (SSSR count). The molecule has 0 saturated carbocycles. The summed E-state index contributed by atoms with van der Waals surface area (Å²) in [7, 11) is 0. The first-order valence-electron chi connectivity index (χ1n) is 5.09. The third-order valence-corrected chi connectivity index (χ3v) is 2.12. The van der Waals surface area contributed by atoms with Crippen molar-refractivity contribution in [2.75, 3.05) is 6.61 Å². The largest absolute Gasteiger partial charge is 0.491 e. The molecular weight excluding hydrogens is 204 g/mol. The number of benzene rings is 1. The number of aromatic nitrogens is 2. The average Bonchev–Trinajstić information content (AvgIpc) is 2.31. The normalized spacial score (nSPS) is 10.1. The van der Waals surface area contributed by atoms with Gasteiger partial charge in [0.1, 0.15) is 5.69 Å². The third kappa shape index (κ3) is 2.11. The summed E-state index contributed by atoms with van der Waals surface area (Å²) < 4.78 is 5.39. The Hall–Kier alpha value is -2.10. The van der Waals surface area contributed by atoms with Gasteiger partial charge in [-0.05, 0) is 6.92 Å². The first-order chi connectivity index (χ1) is 7.81. The predicted octanol–water partition coefficient (Wildman–Crippen LogP) is 1.84. The highest BCUT2D eigenvalue weighted by atomic mass is 16.5. The van der Waals surface area contributed by atoms with E-state index in [2.05, 4.69) is 10.2 Å². The monoisotopic (exact) mass is 216 g/mol. The van der Waals surface area contributed by atoms with Gasteiger partial charge in [-0.25, -0.2) is 5.10 Å². The molecule has 1 aromatic heterocycles. The fourth-order valence-electron chi connectivity index (χ4n) is 1.45. The first-order valence-corrected chi connectivity index (χ1v) is 5.09. The van der Waals surface area contributed by atoms with Crippen LogP contribution in [-0.4, -0.2) is 16.8 Å². The molecule has 0 amide bonds. The van der Waals surface area contributed by atoms with Crippen LogP contribution in [-0.2, 0) is 0 Å². The smallest absolute Gasteiger partial charge is 0.267 e. The van der Waals surface area contributed by atoms with Crippen LogP contribution in [0.3, 0.4) is 0 Å². The van der Waals surface area contributed by atoms with Gasteiger partial charge in [-0.2, -0.15) is 5.10 Å². The molecule has 0 spiro atoms. The van der Waals surface area contributed by atoms with Gasteiger partial charge in [0.05, 0.1) is 6.61 Å². The van der Waals surface area contributed by atoms with Crippen LogP contribution in [0.4, 0.5) is 0 Å². The van der Waals surface area contributed by atoms with Crippen LogP contribution < -0.4 is 10.3 Å². The van der Waals surface area contributed by atoms with Crippen molar-refractivity contribution in [2.45, 2.75) is 6.92 Å². The maximum atomic E-state index is 11.2. The summed E-state index contributed by atoms with van der Waals surface area (Å²) in [6.07, 6.45) is 0. The van der Waals surface area contributed by atoms with E-state index in [1.807, 2.05) is 37.3 Å². The second-order valence-electron chi connectivity index (χ2n) is 3.24. The average molecular weight is 216 g/mol. The van der Waals surface area contributed by atoms with Gasteiger partial charge in [0.2, 0.25) is 0 Å². The molecule has 0 saturated heterocycles. The molecular formula is C12H12N2O2. The van der Waals surface area contributed by atoms with Gasteiger partial charge in [0, 0.05) is 11.6 Å². The Bertz CT molecular complexity index is 520.